The lowest BCUT2D eigenvalue weighted by Crippen LogP contribution is -2.49. The van der Waals surface area contributed by atoms with Crippen LogP contribution >= 0.6 is 23.2 Å². The molecule has 1 N–H and O–H groups in total. The van der Waals surface area contributed by atoms with Gasteiger partial charge in [-0.15, -0.1) is 0 Å². The summed E-state index contributed by atoms with van der Waals surface area (Å²) in [6.07, 6.45) is -0.346. The third-order valence-electron chi connectivity index (χ3n) is 3.07. The van der Waals surface area contributed by atoms with Crippen LogP contribution in [-0.2, 0) is 19.6 Å². The lowest BCUT2D eigenvalue weighted by atomic mass is 10.2. The summed E-state index contributed by atoms with van der Waals surface area (Å²) < 4.78 is 31.7. The van der Waals surface area contributed by atoms with Crippen molar-refractivity contribution in [1.82, 2.24) is 4.31 Å². The van der Waals surface area contributed by atoms with Gasteiger partial charge in [0, 0.05) is 6.54 Å². The molecule has 6 nitrogen and oxygen atoms in total. The standard InChI is InChI=1S/C12H13Cl2NO5S/c13-9-2-1-3-10(14)12(9)21(18,19)15-4-5-20-7-8(15)6-11(16)17/h1-3,8H,4-7H2,(H,16,17). The summed E-state index contributed by atoms with van der Waals surface area (Å²) in [4.78, 5) is 10.7. The number of sulfonamides is 1. The van der Waals surface area contributed by atoms with Gasteiger partial charge in [-0.1, -0.05) is 29.3 Å². The van der Waals surface area contributed by atoms with Crippen LogP contribution in [0.2, 0.25) is 10.0 Å². The van der Waals surface area contributed by atoms with Gasteiger partial charge in [-0.25, -0.2) is 8.42 Å². The second-order valence-electron chi connectivity index (χ2n) is 4.49. The van der Waals surface area contributed by atoms with Gasteiger partial charge in [0.15, 0.2) is 0 Å². The van der Waals surface area contributed by atoms with Gasteiger partial charge < -0.3 is 9.84 Å². The lowest BCUT2D eigenvalue weighted by molar-refractivity contribution is -0.139. The van der Waals surface area contributed by atoms with Crippen LogP contribution < -0.4 is 0 Å². The molecule has 2 rings (SSSR count). The number of carboxylic acid groups (broad SMARTS) is 1. The Hall–Kier alpha value is -0.860. The third kappa shape index (κ3) is 3.49. The molecular weight excluding hydrogens is 341 g/mol. The fourth-order valence-corrected chi connectivity index (χ4v) is 4.85. The van der Waals surface area contributed by atoms with Gasteiger partial charge in [0.2, 0.25) is 10.0 Å². The molecule has 1 aliphatic rings. The molecule has 1 aromatic rings. The number of morpholine rings is 1. The summed E-state index contributed by atoms with van der Waals surface area (Å²) in [5.41, 5.74) is 0. The average molecular weight is 354 g/mol. The van der Waals surface area contributed by atoms with E-state index < -0.39 is 22.0 Å². The molecule has 21 heavy (non-hydrogen) atoms. The van der Waals surface area contributed by atoms with Gasteiger partial charge in [-0.3, -0.25) is 4.79 Å². The van der Waals surface area contributed by atoms with E-state index in [1.165, 1.54) is 18.2 Å². The number of carboxylic acids is 1. The normalized spacial score (nSPS) is 20.4. The van der Waals surface area contributed by atoms with Crippen LogP contribution in [0.3, 0.4) is 0 Å². The highest BCUT2D eigenvalue weighted by Gasteiger charge is 2.37. The van der Waals surface area contributed by atoms with Crippen LogP contribution in [0, 0.1) is 0 Å². The van der Waals surface area contributed by atoms with Gasteiger partial charge in [-0.2, -0.15) is 4.31 Å². The Morgan fingerprint density at radius 3 is 2.57 bits per heavy atom. The van der Waals surface area contributed by atoms with E-state index in [1.807, 2.05) is 0 Å². The molecule has 116 valence electrons. The van der Waals surface area contributed by atoms with Crippen LogP contribution in [0.5, 0.6) is 0 Å². The first-order valence-electron chi connectivity index (χ1n) is 6.09. The first kappa shape index (κ1) is 16.5. The van der Waals surface area contributed by atoms with Crippen molar-refractivity contribution in [2.45, 2.75) is 17.4 Å². The fourth-order valence-electron chi connectivity index (χ4n) is 2.16. The highest BCUT2D eigenvalue weighted by atomic mass is 35.5. The number of ether oxygens (including phenoxy) is 1. The van der Waals surface area contributed by atoms with Crippen molar-refractivity contribution < 1.29 is 23.1 Å². The van der Waals surface area contributed by atoms with E-state index in [-0.39, 0.29) is 41.1 Å². The molecule has 1 aliphatic heterocycles. The van der Waals surface area contributed by atoms with E-state index in [4.69, 9.17) is 33.0 Å². The van der Waals surface area contributed by atoms with E-state index in [9.17, 15) is 13.2 Å². The maximum atomic E-state index is 12.7. The Labute approximate surface area is 132 Å². The van der Waals surface area contributed by atoms with Crippen LogP contribution in [0.1, 0.15) is 6.42 Å². The van der Waals surface area contributed by atoms with Crippen molar-refractivity contribution in [3.63, 3.8) is 0 Å². The molecule has 0 bridgehead atoms. The molecule has 0 radical (unpaired) electrons. The molecule has 9 heteroatoms. The molecule has 1 atom stereocenters. The molecule has 1 aromatic carbocycles. The zero-order valence-electron chi connectivity index (χ0n) is 10.8. The highest BCUT2D eigenvalue weighted by Crippen LogP contribution is 2.33. The average Bonchev–Trinajstić information content (AvgIpc) is 2.37. The van der Waals surface area contributed by atoms with Crippen LogP contribution in [0.25, 0.3) is 0 Å². The van der Waals surface area contributed by atoms with E-state index >= 15 is 0 Å². The minimum absolute atomic E-state index is 0.00284. The molecule has 1 heterocycles. The molecule has 0 aliphatic carbocycles. The molecule has 1 fully saturated rings. The second kappa shape index (κ2) is 6.50. The Morgan fingerprint density at radius 1 is 1.38 bits per heavy atom. The third-order valence-corrected chi connectivity index (χ3v) is 5.98. The first-order valence-corrected chi connectivity index (χ1v) is 8.29. The summed E-state index contributed by atoms with van der Waals surface area (Å²) in [6.45, 7) is 0.271. The summed E-state index contributed by atoms with van der Waals surface area (Å²) >= 11 is 11.9. The number of nitrogens with zero attached hydrogens (tertiary/aromatic N) is 1. The van der Waals surface area contributed by atoms with Gasteiger partial charge in [0.1, 0.15) is 4.90 Å². The first-order chi connectivity index (χ1) is 9.84. The summed E-state index contributed by atoms with van der Waals surface area (Å²) in [5, 5.41) is 8.91. The Balaban J connectivity index is 2.43. The van der Waals surface area contributed by atoms with Gasteiger partial charge in [0.05, 0.1) is 35.7 Å². The molecule has 0 amide bonds. The maximum Gasteiger partial charge on any atom is 0.305 e. The SMILES string of the molecule is O=C(O)CC1COCCN1S(=O)(=O)c1c(Cl)cccc1Cl. The molecule has 0 aromatic heterocycles. The second-order valence-corrected chi connectivity index (χ2v) is 7.13. The molecule has 1 unspecified atom stereocenters. The van der Waals surface area contributed by atoms with E-state index in [0.29, 0.717) is 0 Å². The number of halogens is 2. The zero-order chi connectivity index (χ0) is 15.6. The minimum Gasteiger partial charge on any atom is -0.481 e. The summed E-state index contributed by atoms with van der Waals surface area (Å²) in [7, 11) is -3.99. The van der Waals surface area contributed by atoms with Gasteiger partial charge in [0.25, 0.3) is 0 Å². The fraction of sp³-hybridized carbons (Fsp3) is 0.417. The predicted molar refractivity (Wildman–Crippen MR) is 77.2 cm³/mol. The van der Waals surface area contributed by atoms with Gasteiger partial charge >= 0.3 is 5.97 Å². The zero-order valence-corrected chi connectivity index (χ0v) is 13.2. The van der Waals surface area contributed by atoms with E-state index in [1.54, 1.807) is 0 Å². The molecule has 1 saturated heterocycles. The number of benzene rings is 1. The Bertz CT molecular complexity index is 629. The quantitative estimate of drug-likeness (QED) is 0.892. The van der Waals surface area contributed by atoms with Crippen molar-refractivity contribution >= 4 is 39.2 Å². The largest absolute Gasteiger partial charge is 0.481 e. The number of rotatable bonds is 4. The molecule has 0 saturated carbocycles. The van der Waals surface area contributed by atoms with Crippen molar-refractivity contribution in [1.29, 1.82) is 0 Å². The molecular formula is C12H13Cl2NO5S. The summed E-state index contributed by atoms with van der Waals surface area (Å²) in [6, 6.07) is 3.60. The smallest absolute Gasteiger partial charge is 0.305 e. The molecule has 0 spiro atoms. The van der Waals surface area contributed by atoms with Crippen LogP contribution in [0.4, 0.5) is 0 Å². The van der Waals surface area contributed by atoms with E-state index in [2.05, 4.69) is 0 Å². The van der Waals surface area contributed by atoms with Crippen molar-refractivity contribution in [2.24, 2.45) is 0 Å². The Morgan fingerprint density at radius 2 is 2.00 bits per heavy atom. The Kier molecular flexibility index (Phi) is 5.11. The highest BCUT2D eigenvalue weighted by molar-refractivity contribution is 7.89. The number of hydrogen-bond donors (Lipinski definition) is 1. The summed E-state index contributed by atoms with van der Waals surface area (Å²) in [5.74, 6) is -1.10. The van der Waals surface area contributed by atoms with Crippen molar-refractivity contribution in [2.75, 3.05) is 19.8 Å². The predicted octanol–water partition coefficient (Wildman–Crippen LogP) is 1.86. The topological polar surface area (TPSA) is 83.9 Å². The van der Waals surface area contributed by atoms with Crippen LogP contribution in [0.15, 0.2) is 23.1 Å². The van der Waals surface area contributed by atoms with Gasteiger partial charge in [-0.05, 0) is 12.1 Å². The number of aliphatic carboxylic acids is 1. The number of hydrogen-bond acceptors (Lipinski definition) is 4. The van der Waals surface area contributed by atoms with Crippen molar-refractivity contribution in [3.8, 4) is 0 Å². The van der Waals surface area contributed by atoms with E-state index in [0.717, 1.165) is 4.31 Å². The van der Waals surface area contributed by atoms with Crippen LogP contribution in [-0.4, -0.2) is 49.6 Å². The number of carbonyl (C=O) groups is 1. The monoisotopic (exact) mass is 353 g/mol. The maximum absolute atomic E-state index is 12.7. The minimum atomic E-state index is -3.99. The lowest BCUT2D eigenvalue weighted by Gasteiger charge is -2.34. The van der Waals surface area contributed by atoms with Crippen molar-refractivity contribution in [3.05, 3.63) is 28.2 Å².